The number of ether oxygens (including phenoxy) is 2. The Morgan fingerprint density at radius 1 is 1.05 bits per heavy atom. The van der Waals surface area contributed by atoms with Gasteiger partial charge in [-0.15, -0.1) is 0 Å². The summed E-state index contributed by atoms with van der Waals surface area (Å²) in [5, 5.41) is 6.18. The zero-order chi connectivity index (χ0) is 14.5. The van der Waals surface area contributed by atoms with Crippen molar-refractivity contribution in [3.63, 3.8) is 0 Å². The Labute approximate surface area is 125 Å². The third-order valence-corrected chi connectivity index (χ3v) is 3.42. The van der Waals surface area contributed by atoms with E-state index in [1.54, 1.807) is 21.3 Å². The van der Waals surface area contributed by atoms with E-state index >= 15 is 0 Å². The summed E-state index contributed by atoms with van der Waals surface area (Å²) in [6.07, 6.45) is 1.49. The molecule has 2 N–H and O–H groups in total. The van der Waals surface area contributed by atoms with Gasteiger partial charge in [-0.1, -0.05) is 0 Å². The summed E-state index contributed by atoms with van der Waals surface area (Å²) >= 11 is 3.46. The molecule has 0 aliphatic rings. The van der Waals surface area contributed by atoms with Gasteiger partial charge in [0.15, 0.2) is 11.5 Å². The van der Waals surface area contributed by atoms with E-state index in [0.29, 0.717) is 23.1 Å². The minimum atomic E-state index is 0.650. The average Bonchev–Trinajstić information content (AvgIpc) is 2.49. The van der Waals surface area contributed by atoms with E-state index in [2.05, 4.69) is 36.5 Å². The van der Waals surface area contributed by atoms with Crippen LogP contribution in [-0.2, 0) is 0 Å². The lowest BCUT2D eigenvalue weighted by Crippen LogP contribution is -2.01. The van der Waals surface area contributed by atoms with Crippen molar-refractivity contribution in [2.24, 2.45) is 0 Å². The van der Waals surface area contributed by atoms with E-state index in [1.807, 2.05) is 18.2 Å². The number of rotatable bonds is 5. The number of halogens is 1. The molecule has 1 aromatic carbocycles. The van der Waals surface area contributed by atoms with Crippen LogP contribution in [0.4, 0.5) is 17.3 Å². The van der Waals surface area contributed by atoms with Gasteiger partial charge in [-0.25, -0.2) is 9.97 Å². The van der Waals surface area contributed by atoms with Crippen molar-refractivity contribution in [2.45, 2.75) is 0 Å². The van der Waals surface area contributed by atoms with Crippen LogP contribution in [0.3, 0.4) is 0 Å². The van der Waals surface area contributed by atoms with Gasteiger partial charge in [-0.05, 0) is 28.1 Å². The Morgan fingerprint density at radius 3 is 2.40 bits per heavy atom. The third-order valence-electron chi connectivity index (χ3n) is 2.67. The first kappa shape index (κ1) is 14.4. The SMILES string of the molecule is CNc1ncnc(Nc2ccc(OC)c(OC)c2)c1Br. The Hall–Kier alpha value is -2.02. The molecule has 0 aliphatic heterocycles. The van der Waals surface area contributed by atoms with Gasteiger partial charge in [0.2, 0.25) is 0 Å². The van der Waals surface area contributed by atoms with Crippen LogP contribution in [0.25, 0.3) is 0 Å². The number of benzene rings is 1. The predicted molar refractivity (Wildman–Crippen MR) is 82.1 cm³/mol. The molecule has 0 spiro atoms. The maximum atomic E-state index is 5.27. The number of nitrogens with one attached hydrogen (secondary N) is 2. The fourth-order valence-corrected chi connectivity index (χ4v) is 2.18. The second-order valence-corrected chi connectivity index (χ2v) is 4.62. The summed E-state index contributed by atoms with van der Waals surface area (Å²) < 4.78 is 11.2. The standard InChI is InChI=1S/C13H15BrN4O2/c1-15-12-11(14)13(17-7-16-12)18-8-4-5-9(19-2)10(6-8)20-3/h4-7H,1-3H3,(H2,15,16,17,18). The molecule has 0 radical (unpaired) electrons. The molecule has 20 heavy (non-hydrogen) atoms. The van der Waals surface area contributed by atoms with Crippen LogP contribution in [0.1, 0.15) is 0 Å². The molecule has 2 aromatic rings. The highest BCUT2D eigenvalue weighted by molar-refractivity contribution is 9.10. The highest BCUT2D eigenvalue weighted by atomic mass is 79.9. The molecule has 0 saturated heterocycles. The van der Waals surface area contributed by atoms with Crippen molar-refractivity contribution >= 4 is 33.3 Å². The van der Waals surface area contributed by atoms with E-state index in [-0.39, 0.29) is 0 Å². The van der Waals surface area contributed by atoms with Crippen molar-refractivity contribution in [2.75, 3.05) is 31.9 Å². The predicted octanol–water partition coefficient (Wildman–Crippen LogP) is 3.04. The van der Waals surface area contributed by atoms with Gasteiger partial charge in [0.25, 0.3) is 0 Å². The largest absolute Gasteiger partial charge is 0.493 e. The lowest BCUT2D eigenvalue weighted by Gasteiger charge is -2.12. The van der Waals surface area contributed by atoms with E-state index in [9.17, 15) is 0 Å². The topological polar surface area (TPSA) is 68.3 Å². The second-order valence-electron chi connectivity index (χ2n) is 3.83. The van der Waals surface area contributed by atoms with Gasteiger partial charge in [-0.3, -0.25) is 0 Å². The Kier molecular flexibility index (Phi) is 4.62. The molecule has 0 fully saturated rings. The summed E-state index contributed by atoms with van der Waals surface area (Å²) in [5.41, 5.74) is 0.837. The minimum Gasteiger partial charge on any atom is -0.493 e. The van der Waals surface area contributed by atoms with Gasteiger partial charge in [0.05, 0.1) is 14.2 Å². The van der Waals surface area contributed by atoms with Crippen molar-refractivity contribution in [1.82, 2.24) is 9.97 Å². The highest BCUT2D eigenvalue weighted by Crippen LogP contribution is 2.33. The van der Waals surface area contributed by atoms with Crippen LogP contribution in [0.5, 0.6) is 11.5 Å². The Bertz CT molecular complexity index is 607. The van der Waals surface area contributed by atoms with Crippen molar-refractivity contribution < 1.29 is 9.47 Å². The fourth-order valence-electron chi connectivity index (χ4n) is 1.68. The molecule has 2 rings (SSSR count). The van der Waals surface area contributed by atoms with Crippen LogP contribution >= 0.6 is 15.9 Å². The van der Waals surface area contributed by atoms with Crippen LogP contribution in [-0.4, -0.2) is 31.2 Å². The first-order chi connectivity index (χ1) is 9.69. The van der Waals surface area contributed by atoms with Gasteiger partial charge in [-0.2, -0.15) is 0 Å². The number of hydrogen-bond acceptors (Lipinski definition) is 6. The zero-order valence-electron chi connectivity index (χ0n) is 11.4. The van der Waals surface area contributed by atoms with E-state index < -0.39 is 0 Å². The molecular formula is C13H15BrN4O2. The molecule has 1 heterocycles. The van der Waals surface area contributed by atoms with Crippen molar-refractivity contribution in [3.05, 3.63) is 29.0 Å². The number of methoxy groups -OCH3 is 2. The van der Waals surface area contributed by atoms with Crippen LogP contribution < -0.4 is 20.1 Å². The zero-order valence-corrected chi connectivity index (χ0v) is 13.0. The fraction of sp³-hybridized carbons (Fsp3) is 0.231. The molecule has 0 amide bonds. The van der Waals surface area contributed by atoms with Crippen LogP contribution in [0.2, 0.25) is 0 Å². The lowest BCUT2D eigenvalue weighted by molar-refractivity contribution is 0.355. The molecular weight excluding hydrogens is 324 g/mol. The van der Waals surface area contributed by atoms with Gasteiger partial charge >= 0.3 is 0 Å². The molecule has 0 unspecified atom stereocenters. The van der Waals surface area contributed by atoms with E-state index in [0.717, 1.165) is 10.2 Å². The molecule has 106 valence electrons. The molecule has 7 heteroatoms. The molecule has 0 aliphatic carbocycles. The summed E-state index contributed by atoms with van der Waals surface area (Å²) in [6.45, 7) is 0. The summed E-state index contributed by atoms with van der Waals surface area (Å²) in [7, 11) is 5.00. The maximum Gasteiger partial charge on any atom is 0.162 e. The van der Waals surface area contributed by atoms with Gasteiger partial charge < -0.3 is 20.1 Å². The maximum absolute atomic E-state index is 5.27. The minimum absolute atomic E-state index is 0.650. The molecule has 6 nitrogen and oxygen atoms in total. The summed E-state index contributed by atoms with van der Waals surface area (Å²) in [5.74, 6) is 2.70. The van der Waals surface area contributed by atoms with Crippen LogP contribution in [0.15, 0.2) is 29.0 Å². The molecule has 0 bridgehead atoms. The normalized spacial score (nSPS) is 10.0. The van der Waals surface area contributed by atoms with E-state index in [1.165, 1.54) is 6.33 Å². The number of aromatic nitrogens is 2. The quantitative estimate of drug-likeness (QED) is 0.873. The summed E-state index contributed by atoms with van der Waals surface area (Å²) in [4.78, 5) is 8.31. The highest BCUT2D eigenvalue weighted by Gasteiger charge is 2.09. The Morgan fingerprint density at radius 2 is 1.75 bits per heavy atom. The number of anilines is 3. The lowest BCUT2D eigenvalue weighted by atomic mass is 10.2. The Balaban J connectivity index is 2.30. The third kappa shape index (κ3) is 2.93. The number of nitrogens with zero attached hydrogens (tertiary/aromatic N) is 2. The first-order valence-electron chi connectivity index (χ1n) is 5.87. The second kappa shape index (κ2) is 6.42. The average molecular weight is 339 g/mol. The smallest absolute Gasteiger partial charge is 0.162 e. The van der Waals surface area contributed by atoms with Crippen molar-refractivity contribution in [1.29, 1.82) is 0 Å². The first-order valence-corrected chi connectivity index (χ1v) is 6.66. The number of hydrogen-bond donors (Lipinski definition) is 2. The summed E-state index contributed by atoms with van der Waals surface area (Å²) in [6, 6.07) is 5.55. The van der Waals surface area contributed by atoms with Gasteiger partial charge in [0.1, 0.15) is 22.4 Å². The van der Waals surface area contributed by atoms with Crippen molar-refractivity contribution in [3.8, 4) is 11.5 Å². The molecule has 0 atom stereocenters. The molecule has 0 saturated carbocycles. The van der Waals surface area contributed by atoms with E-state index in [4.69, 9.17) is 9.47 Å². The van der Waals surface area contributed by atoms with Gasteiger partial charge in [0, 0.05) is 18.8 Å². The van der Waals surface area contributed by atoms with Crippen LogP contribution in [0, 0.1) is 0 Å². The molecule has 1 aromatic heterocycles. The monoisotopic (exact) mass is 338 g/mol.